The van der Waals surface area contributed by atoms with E-state index in [9.17, 15) is 13.6 Å². The first-order chi connectivity index (χ1) is 7.33. The molecule has 16 heavy (non-hydrogen) atoms. The van der Waals surface area contributed by atoms with E-state index >= 15 is 0 Å². The molecule has 3 N–H and O–H groups in total. The summed E-state index contributed by atoms with van der Waals surface area (Å²) in [6, 6.07) is 3.00. The van der Waals surface area contributed by atoms with Crippen molar-refractivity contribution in [3.8, 4) is 0 Å². The first-order valence-corrected chi connectivity index (χ1v) is 5.41. The Labute approximate surface area is 95.6 Å². The molecule has 3 nitrogen and oxygen atoms in total. The van der Waals surface area contributed by atoms with Gasteiger partial charge in [-0.15, -0.1) is 11.8 Å². The minimum atomic E-state index is -1.47. The van der Waals surface area contributed by atoms with Crippen LogP contribution in [-0.4, -0.2) is 22.4 Å². The molecule has 0 aliphatic heterocycles. The Morgan fingerprint density at radius 3 is 2.75 bits per heavy atom. The van der Waals surface area contributed by atoms with E-state index < -0.39 is 23.1 Å². The van der Waals surface area contributed by atoms with Crippen molar-refractivity contribution < 1.29 is 18.7 Å². The molecule has 0 aromatic heterocycles. The molecular formula is C10H11F2NO2S. The second-order valence-electron chi connectivity index (χ2n) is 3.59. The highest BCUT2D eigenvalue weighted by atomic mass is 32.2. The molecule has 1 aromatic carbocycles. The zero-order valence-corrected chi connectivity index (χ0v) is 9.35. The number of hydrogen-bond acceptors (Lipinski definition) is 3. The maximum absolute atomic E-state index is 13.2. The average molecular weight is 247 g/mol. The van der Waals surface area contributed by atoms with Gasteiger partial charge < -0.3 is 10.8 Å². The van der Waals surface area contributed by atoms with Crippen LogP contribution in [0.25, 0.3) is 0 Å². The average Bonchev–Trinajstić information content (AvgIpc) is 2.19. The van der Waals surface area contributed by atoms with Gasteiger partial charge >= 0.3 is 5.97 Å². The Kier molecular flexibility index (Phi) is 3.88. The third kappa shape index (κ3) is 3.18. The van der Waals surface area contributed by atoms with Crippen LogP contribution in [0.4, 0.5) is 8.78 Å². The number of aliphatic carboxylic acids is 1. The van der Waals surface area contributed by atoms with Crippen molar-refractivity contribution in [2.75, 3.05) is 5.75 Å². The SMILES string of the molecule is CC(N)(CSc1cc(F)ccc1F)C(=O)O. The zero-order chi connectivity index (χ0) is 12.3. The molecule has 0 aliphatic carbocycles. The molecule has 88 valence electrons. The maximum atomic E-state index is 13.2. The second kappa shape index (κ2) is 4.80. The lowest BCUT2D eigenvalue weighted by Gasteiger charge is -2.18. The molecule has 0 radical (unpaired) electrons. The van der Waals surface area contributed by atoms with E-state index in [4.69, 9.17) is 10.8 Å². The summed E-state index contributed by atoms with van der Waals surface area (Å²) in [5.41, 5.74) is 3.99. The highest BCUT2D eigenvalue weighted by molar-refractivity contribution is 7.99. The third-order valence-corrected chi connectivity index (χ3v) is 3.28. The van der Waals surface area contributed by atoms with E-state index in [1.54, 1.807) is 0 Å². The van der Waals surface area contributed by atoms with Gasteiger partial charge in [-0.3, -0.25) is 4.79 Å². The summed E-state index contributed by atoms with van der Waals surface area (Å²) in [5, 5.41) is 8.74. The molecule has 0 saturated heterocycles. The van der Waals surface area contributed by atoms with Crippen molar-refractivity contribution in [2.24, 2.45) is 5.73 Å². The topological polar surface area (TPSA) is 63.3 Å². The molecule has 0 fully saturated rings. The number of benzene rings is 1. The van der Waals surface area contributed by atoms with Crippen LogP contribution in [0.1, 0.15) is 6.92 Å². The Balaban J connectivity index is 2.75. The van der Waals surface area contributed by atoms with Gasteiger partial charge in [0.15, 0.2) is 0 Å². The van der Waals surface area contributed by atoms with Gasteiger partial charge in [-0.05, 0) is 25.1 Å². The fourth-order valence-corrected chi connectivity index (χ4v) is 1.86. The lowest BCUT2D eigenvalue weighted by Crippen LogP contribution is -2.47. The molecule has 1 rings (SSSR count). The summed E-state index contributed by atoms with van der Waals surface area (Å²) >= 11 is 0.876. The first-order valence-electron chi connectivity index (χ1n) is 4.43. The summed E-state index contributed by atoms with van der Waals surface area (Å²) in [6.45, 7) is 1.32. The molecule has 0 aliphatic rings. The number of nitrogens with two attached hydrogens (primary N) is 1. The Bertz CT molecular complexity index is 410. The van der Waals surface area contributed by atoms with Gasteiger partial charge in [0, 0.05) is 10.6 Å². The molecule has 0 amide bonds. The van der Waals surface area contributed by atoms with Crippen molar-refractivity contribution in [1.82, 2.24) is 0 Å². The molecule has 0 spiro atoms. The summed E-state index contributed by atoms with van der Waals surface area (Å²) in [7, 11) is 0. The lowest BCUT2D eigenvalue weighted by atomic mass is 10.1. The van der Waals surface area contributed by atoms with Crippen LogP contribution < -0.4 is 5.73 Å². The summed E-state index contributed by atoms with van der Waals surface area (Å²) < 4.78 is 26.0. The largest absolute Gasteiger partial charge is 0.480 e. The number of rotatable bonds is 4. The van der Waals surface area contributed by atoms with Crippen molar-refractivity contribution >= 4 is 17.7 Å². The molecule has 6 heteroatoms. The highest BCUT2D eigenvalue weighted by Gasteiger charge is 2.28. The van der Waals surface area contributed by atoms with E-state index in [0.29, 0.717) is 0 Å². The standard InChI is InChI=1S/C10H11F2NO2S/c1-10(13,9(14)15)5-16-8-4-6(11)2-3-7(8)12/h2-4H,5,13H2,1H3,(H,14,15). The number of halogens is 2. The first kappa shape index (κ1) is 12.9. The monoisotopic (exact) mass is 247 g/mol. The predicted octanol–water partition coefficient (Wildman–Crippen LogP) is 1.86. The number of carbonyl (C=O) groups is 1. The molecule has 1 atom stereocenters. The van der Waals surface area contributed by atoms with E-state index in [1.165, 1.54) is 6.92 Å². The number of carboxylic acids is 1. The van der Waals surface area contributed by atoms with Gasteiger partial charge in [-0.25, -0.2) is 8.78 Å². The zero-order valence-electron chi connectivity index (χ0n) is 8.54. The number of thioether (sulfide) groups is 1. The fraction of sp³-hybridized carbons (Fsp3) is 0.300. The van der Waals surface area contributed by atoms with E-state index in [1.807, 2.05) is 0 Å². The number of hydrogen-bond donors (Lipinski definition) is 2. The van der Waals surface area contributed by atoms with Gasteiger partial charge in [0.25, 0.3) is 0 Å². The predicted molar refractivity (Wildman–Crippen MR) is 57.3 cm³/mol. The van der Waals surface area contributed by atoms with Crippen LogP contribution in [0.3, 0.4) is 0 Å². The summed E-state index contributed by atoms with van der Waals surface area (Å²) in [4.78, 5) is 10.7. The Morgan fingerprint density at radius 2 is 2.19 bits per heavy atom. The van der Waals surface area contributed by atoms with Crippen LogP contribution in [0.15, 0.2) is 23.1 Å². The van der Waals surface area contributed by atoms with E-state index in [-0.39, 0.29) is 10.6 Å². The minimum absolute atomic E-state index is 0.0390. The van der Waals surface area contributed by atoms with Crippen LogP contribution in [0.2, 0.25) is 0 Å². The van der Waals surface area contributed by atoms with Crippen molar-refractivity contribution in [3.63, 3.8) is 0 Å². The van der Waals surface area contributed by atoms with Crippen LogP contribution in [0.5, 0.6) is 0 Å². The molecule has 0 bridgehead atoms. The second-order valence-corrected chi connectivity index (χ2v) is 4.60. The van der Waals surface area contributed by atoms with Crippen molar-refractivity contribution in [1.29, 1.82) is 0 Å². The minimum Gasteiger partial charge on any atom is -0.480 e. The van der Waals surface area contributed by atoms with Gasteiger partial charge in [0.2, 0.25) is 0 Å². The van der Waals surface area contributed by atoms with Crippen LogP contribution in [0, 0.1) is 11.6 Å². The maximum Gasteiger partial charge on any atom is 0.324 e. The van der Waals surface area contributed by atoms with Crippen LogP contribution >= 0.6 is 11.8 Å². The quantitative estimate of drug-likeness (QED) is 0.797. The van der Waals surface area contributed by atoms with E-state index in [0.717, 1.165) is 30.0 Å². The van der Waals surface area contributed by atoms with Crippen molar-refractivity contribution in [3.05, 3.63) is 29.8 Å². The molecular weight excluding hydrogens is 236 g/mol. The van der Waals surface area contributed by atoms with Gasteiger partial charge in [-0.2, -0.15) is 0 Å². The molecule has 1 aromatic rings. The molecule has 0 heterocycles. The Morgan fingerprint density at radius 1 is 1.56 bits per heavy atom. The fourth-order valence-electron chi connectivity index (χ4n) is 0.877. The highest BCUT2D eigenvalue weighted by Crippen LogP contribution is 2.25. The van der Waals surface area contributed by atoms with Gasteiger partial charge in [0.05, 0.1) is 0 Å². The third-order valence-electron chi connectivity index (χ3n) is 1.91. The van der Waals surface area contributed by atoms with Gasteiger partial charge in [0.1, 0.15) is 17.2 Å². The number of carboxylic acid groups (broad SMARTS) is 1. The normalized spacial score (nSPS) is 14.5. The van der Waals surface area contributed by atoms with Crippen LogP contribution in [-0.2, 0) is 4.79 Å². The lowest BCUT2D eigenvalue weighted by molar-refractivity contribution is -0.141. The van der Waals surface area contributed by atoms with Crippen molar-refractivity contribution in [2.45, 2.75) is 17.4 Å². The summed E-state index contributed by atoms with van der Waals surface area (Å²) in [6.07, 6.45) is 0. The molecule has 0 saturated carbocycles. The smallest absolute Gasteiger partial charge is 0.324 e. The van der Waals surface area contributed by atoms with E-state index in [2.05, 4.69) is 0 Å². The molecule has 1 unspecified atom stereocenters. The summed E-state index contributed by atoms with van der Waals surface area (Å²) in [5.74, 6) is -2.38. The van der Waals surface area contributed by atoms with Gasteiger partial charge in [-0.1, -0.05) is 0 Å². The Hall–Kier alpha value is -1.14.